The van der Waals surface area contributed by atoms with Crippen LogP contribution in [-0.4, -0.2) is 23.2 Å². The van der Waals surface area contributed by atoms with E-state index in [0.29, 0.717) is 12.2 Å². The van der Waals surface area contributed by atoms with Crippen molar-refractivity contribution in [3.8, 4) is 0 Å². The van der Waals surface area contributed by atoms with Gasteiger partial charge in [0.2, 0.25) is 0 Å². The van der Waals surface area contributed by atoms with Crippen LogP contribution in [0.15, 0.2) is 18.2 Å². The number of hydrogen-bond acceptors (Lipinski definition) is 4. The Bertz CT molecular complexity index is 421. The van der Waals surface area contributed by atoms with Crippen molar-refractivity contribution in [1.29, 1.82) is 0 Å². The number of nitro groups is 1. The molecule has 1 aromatic rings. The third-order valence-electron chi connectivity index (χ3n) is 2.34. The molecule has 1 rings (SSSR count). The van der Waals surface area contributed by atoms with E-state index < -0.39 is 4.92 Å². The average molecular weight is 259 g/mol. The van der Waals surface area contributed by atoms with Crippen LogP contribution >= 0.6 is 11.6 Å². The number of anilines is 1. The van der Waals surface area contributed by atoms with Crippen LogP contribution in [0.2, 0.25) is 5.02 Å². The quantitative estimate of drug-likeness (QED) is 0.629. The molecule has 0 aliphatic heterocycles. The first-order valence-electron chi connectivity index (χ1n) is 5.14. The Morgan fingerprint density at radius 3 is 2.65 bits per heavy atom. The van der Waals surface area contributed by atoms with Gasteiger partial charge in [-0.05, 0) is 12.1 Å². The molecule has 0 saturated carbocycles. The summed E-state index contributed by atoms with van der Waals surface area (Å²) in [6.45, 7) is 4.43. The summed E-state index contributed by atoms with van der Waals surface area (Å²) in [5, 5.41) is 22.8. The number of nitrogens with zero attached hydrogens (tertiary/aromatic N) is 1. The molecule has 0 bridgehead atoms. The zero-order valence-corrected chi connectivity index (χ0v) is 10.5. The maximum atomic E-state index is 10.6. The van der Waals surface area contributed by atoms with Crippen molar-refractivity contribution in [3.05, 3.63) is 33.3 Å². The van der Waals surface area contributed by atoms with Gasteiger partial charge in [0.05, 0.1) is 4.92 Å². The molecule has 1 aromatic carbocycles. The molecule has 0 radical (unpaired) electrons. The van der Waals surface area contributed by atoms with Gasteiger partial charge in [0.15, 0.2) is 0 Å². The summed E-state index contributed by atoms with van der Waals surface area (Å²) >= 11 is 5.78. The van der Waals surface area contributed by atoms with Crippen molar-refractivity contribution >= 4 is 23.0 Å². The van der Waals surface area contributed by atoms with Gasteiger partial charge in [-0.1, -0.05) is 25.4 Å². The molecular weight excluding hydrogens is 244 g/mol. The van der Waals surface area contributed by atoms with Crippen LogP contribution in [-0.2, 0) is 0 Å². The Hall–Kier alpha value is -1.33. The van der Waals surface area contributed by atoms with E-state index >= 15 is 0 Å². The molecule has 0 spiro atoms. The molecule has 5 nitrogen and oxygen atoms in total. The molecule has 0 saturated heterocycles. The molecular formula is C11H15ClN2O3. The zero-order chi connectivity index (χ0) is 13.1. The second kappa shape index (κ2) is 5.33. The predicted octanol–water partition coefficient (Wildman–Crippen LogP) is 2.68. The van der Waals surface area contributed by atoms with E-state index in [1.54, 1.807) is 6.07 Å². The van der Waals surface area contributed by atoms with Crippen LogP contribution in [0.25, 0.3) is 0 Å². The van der Waals surface area contributed by atoms with Gasteiger partial charge in [0.25, 0.3) is 5.69 Å². The van der Waals surface area contributed by atoms with Gasteiger partial charge >= 0.3 is 0 Å². The van der Waals surface area contributed by atoms with Gasteiger partial charge in [-0.3, -0.25) is 10.1 Å². The fourth-order valence-electron chi connectivity index (χ4n) is 1.16. The van der Waals surface area contributed by atoms with E-state index in [4.69, 9.17) is 16.7 Å². The van der Waals surface area contributed by atoms with Crippen LogP contribution in [0.1, 0.15) is 13.8 Å². The first-order chi connectivity index (χ1) is 7.85. The van der Waals surface area contributed by atoms with Crippen LogP contribution in [0.4, 0.5) is 11.4 Å². The topological polar surface area (TPSA) is 75.4 Å². The maximum Gasteiger partial charge on any atom is 0.288 e. The zero-order valence-electron chi connectivity index (χ0n) is 9.74. The predicted molar refractivity (Wildman–Crippen MR) is 67.5 cm³/mol. The van der Waals surface area contributed by atoms with Gasteiger partial charge in [0, 0.05) is 30.3 Å². The third-order valence-corrected chi connectivity index (χ3v) is 2.65. The SMILES string of the molecule is CC(C)(CO)CNc1ccc([N+](=O)[O-])c(Cl)c1. The van der Waals surface area contributed by atoms with Crippen molar-refractivity contribution in [2.75, 3.05) is 18.5 Å². The van der Waals surface area contributed by atoms with Gasteiger partial charge in [0.1, 0.15) is 5.02 Å². The minimum atomic E-state index is -0.524. The molecule has 0 aliphatic rings. The molecule has 0 heterocycles. The molecule has 94 valence electrons. The lowest BCUT2D eigenvalue weighted by Crippen LogP contribution is -2.26. The number of nitrogens with one attached hydrogen (secondary N) is 1. The summed E-state index contributed by atoms with van der Waals surface area (Å²) < 4.78 is 0. The van der Waals surface area contributed by atoms with Crippen molar-refractivity contribution < 1.29 is 10.0 Å². The fraction of sp³-hybridized carbons (Fsp3) is 0.455. The molecule has 17 heavy (non-hydrogen) atoms. The van der Waals surface area contributed by atoms with Crippen LogP contribution in [0.5, 0.6) is 0 Å². The van der Waals surface area contributed by atoms with E-state index in [1.807, 2.05) is 13.8 Å². The van der Waals surface area contributed by atoms with E-state index in [9.17, 15) is 10.1 Å². The molecule has 0 amide bonds. The summed E-state index contributed by atoms with van der Waals surface area (Å²) in [6, 6.07) is 4.46. The van der Waals surface area contributed by atoms with Crippen LogP contribution < -0.4 is 5.32 Å². The molecule has 6 heteroatoms. The minimum Gasteiger partial charge on any atom is -0.396 e. The van der Waals surface area contributed by atoms with Crippen molar-refractivity contribution in [3.63, 3.8) is 0 Å². The molecule has 0 fully saturated rings. The summed E-state index contributed by atoms with van der Waals surface area (Å²) in [5.41, 5.74) is 0.328. The second-order valence-electron chi connectivity index (χ2n) is 4.60. The summed E-state index contributed by atoms with van der Waals surface area (Å²) in [5.74, 6) is 0. The van der Waals surface area contributed by atoms with Crippen molar-refractivity contribution in [2.45, 2.75) is 13.8 Å². The Morgan fingerprint density at radius 1 is 1.53 bits per heavy atom. The van der Waals surface area contributed by atoms with Gasteiger partial charge in [-0.25, -0.2) is 0 Å². The third kappa shape index (κ3) is 3.87. The highest BCUT2D eigenvalue weighted by Crippen LogP contribution is 2.27. The van der Waals surface area contributed by atoms with E-state index in [2.05, 4.69) is 5.32 Å². The lowest BCUT2D eigenvalue weighted by molar-refractivity contribution is -0.384. The number of nitro benzene ring substituents is 1. The molecule has 0 aliphatic carbocycles. The molecule has 0 unspecified atom stereocenters. The summed E-state index contributed by atoms with van der Waals surface area (Å²) in [7, 11) is 0. The standard InChI is InChI=1S/C11H15ClN2O3/c1-11(2,7-15)6-13-8-3-4-10(14(16)17)9(12)5-8/h3-5,13,15H,6-7H2,1-2H3. The lowest BCUT2D eigenvalue weighted by Gasteiger charge is -2.22. The lowest BCUT2D eigenvalue weighted by atomic mass is 9.95. The number of aliphatic hydroxyl groups excluding tert-OH is 1. The summed E-state index contributed by atoms with van der Waals surface area (Å²) in [6.07, 6.45) is 0. The second-order valence-corrected chi connectivity index (χ2v) is 5.01. The van der Waals surface area contributed by atoms with Gasteiger partial charge < -0.3 is 10.4 Å². The Balaban J connectivity index is 2.75. The van der Waals surface area contributed by atoms with Gasteiger partial charge in [-0.15, -0.1) is 0 Å². The Kier molecular flexibility index (Phi) is 4.31. The van der Waals surface area contributed by atoms with E-state index in [-0.39, 0.29) is 22.7 Å². The number of halogens is 1. The van der Waals surface area contributed by atoms with Crippen molar-refractivity contribution in [2.24, 2.45) is 5.41 Å². The van der Waals surface area contributed by atoms with Crippen molar-refractivity contribution in [1.82, 2.24) is 0 Å². The van der Waals surface area contributed by atoms with Crippen LogP contribution in [0, 0.1) is 15.5 Å². The minimum absolute atomic E-state index is 0.0563. The highest BCUT2D eigenvalue weighted by molar-refractivity contribution is 6.32. The number of rotatable bonds is 5. The number of hydrogen-bond donors (Lipinski definition) is 2. The maximum absolute atomic E-state index is 10.6. The Labute approximate surface area is 105 Å². The van der Waals surface area contributed by atoms with E-state index in [1.165, 1.54) is 12.1 Å². The Morgan fingerprint density at radius 2 is 2.18 bits per heavy atom. The fourth-order valence-corrected chi connectivity index (χ4v) is 1.41. The average Bonchev–Trinajstić information content (AvgIpc) is 2.26. The summed E-state index contributed by atoms with van der Waals surface area (Å²) in [4.78, 5) is 10.0. The smallest absolute Gasteiger partial charge is 0.288 e. The monoisotopic (exact) mass is 258 g/mol. The molecule has 2 N–H and O–H groups in total. The number of aliphatic hydroxyl groups is 1. The highest BCUT2D eigenvalue weighted by Gasteiger charge is 2.17. The first-order valence-corrected chi connectivity index (χ1v) is 5.52. The van der Waals surface area contributed by atoms with E-state index in [0.717, 1.165) is 0 Å². The largest absolute Gasteiger partial charge is 0.396 e. The molecule has 0 aromatic heterocycles. The number of benzene rings is 1. The van der Waals surface area contributed by atoms with Gasteiger partial charge in [-0.2, -0.15) is 0 Å². The normalized spacial score (nSPS) is 11.3. The first kappa shape index (κ1) is 13.7. The molecule has 0 atom stereocenters. The van der Waals surface area contributed by atoms with Crippen LogP contribution in [0.3, 0.4) is 0 Å². The highest BCUT2D eigenvalue weighted by atomic mass is 35.5.